The van der Waals surface area contributed by atoms with E-state index in [0.29, 0.717) is 72.0 Å². The molecule has 3 aromatic carbocycles. The van der Waals surface area contributed by atoms with Crippen LogP contribution in [-0.4, -0.2) is 162 Å². The third-order valence-corrected chi connectivity index (χ3v) is 19.8. The molecule has 526 valence electrons. The van der Waals surface area contributed by atoms with Gasteiger partial charge in [0.2, 0.25) is 35.4 Å². The molecule has 0 spiro atoms. The van der Waals surface area contributed by atoms with E-state index in [1.54, 1.807) is 85.2 Å². The molecule has 0 bridgehead atoms. The average molecular weight is 1470 g/mol. The monoisotopic (exact) mass is 1470 g/mol. The number of carbonyl (C=O) groups excluding carboxylic acids is 6. The number of nitrogens with one attached hydrogen (secondary N) is 7. The van der Waals surface area contributed by atoms with E-state index < -0.39 is 83.9 Å². The number of pyridine rings is 1. The minimum Gasteiger partial charge on any atom is -0.755 e. The van der Waals surface area contributed by atoms with Gasteiger partial charge < -0.3 is 64.9 Å². The van der Waals surface area contributed by atoms with Gasteiger partial charge in [0.15, 0.2) is 14.1 Å². The number of likely N-dealkylation sites (tertiary alicyclic amines) is 1. The molecule has 4 aromatic rings. The zero-order valence-electron chi connectivity index (χ0n) is 53.5. The summed E-state index contributed by atoms with van der Waals surface area (Å²) < 4.78 is 84.5. The van der Waals surface area contributed by atoms with Crippen molar-refractivity contribution in [3.8, 4) is 0 Å². The number of benzene rings is 3. The van der Waals surface area contributed by atoms with Gasteiger partial charge in [-0.3, -0.25) is 59.3 Å². The molecule has 33 heteroatoms. The van der Waals surface area contributed by atoms with E-state index in [2.05, 4.69) is 66.7 Å². The molecule has 1 aromatic heterocycles. The van der Waals surface area contributed by atoms with Gasteiger partial charge in [-0.25, -0.2) is 0 Å². The van der Waals surface area contributed by atoms with Gasteiger partial charge >= 0.3 is 0 Å². The molecular formula is C62H85Ar3N12O14S3Si-3. The first-order valence-electron chi connectivity index (χ1n) is 31.5. The molecular weight excluding hydrogens is 1380 g/mol. The number of amides is 6. The fourth-order valence-electron chi connectivity index (χ4n) is 11.8. The number of ether oxygens (including phenoxy) is 1. The van der Waals surface area contributed by atoms with E-state index in [1.807, 2.05) is 19.1 Å². The Morgan fingerprint density at radius 1 is 0.579 bits per heavy atom. The standard InChI is InChI=1S/C20H28N4O4S.C17H24N4O4S.C17H18N4O4S.C8H18O2Si.3Ar/c25-19(21-10-7-14-8-11-23(12-9-14)15-5-6-15)13-18-20(26)22-16-3-1-2-4-17(16)24(18)29(27)28;2*22-16(19-10-7-12-5-8-18-9-6-12)11-15-17(23)20-13-3-1-2-4-14(13)21(15)26(24)25;1-5-9-8(6-7-8)10-11(2,3)4;;;/h1-4,14-15,18H,5-13H2,(H,21,25)(H,22,26)(H,27,28);1-4,12,15,18H,5-11H2,(H,19,22)(H,20,23)(H,24,25);1-6,8-9,15H,7,10-11H2,(H,19,22)(H,20,23)(H,24,25);5-7H2,1-4H3;;;/p-3. The Morgan fingerprint density at radius 2 is 0.958 bits per heavy atom. The normalized spacial score (nSPS) is 20.5. The number of carbonyl (C=O) groups is 6. The summed E-state index contributed by atoms with van der Waals surface area (Å²) in [6, 6.07) is 21.1. The molecule has 2 saturated carbocycles. The van der Waals surface area contributed by atoms with Crippen molar-refractivity contribution in [2.24, 2.45) is 11.8 Å². The van der Waals surface area contributed by atoms with Crippen LogP contribution in [0.25, 0.3) is 0 Å². The fraction of sp³-hybridized carbons (Fsp3) is 0.532. The summed E-state index contributed by atoms with van der Waals surface area (Å²) in [7, 11) is -1.39. The number of anilines is 6. The maximum atomic E-state index is 12.4. The van der Waals surface area contributed by atoms with Crippen molar-refractivity contribution in [2.75, 3.05) is 81.3 Å². The summed E-state index contributed by atoms with van der Waals surface area (Å²) in [5, 5.41) is 19.7. The third-order valence-electron chi connectivity index (χ3n) is 16.5. The average Bonchev–Trinajstić information content (AvgIpc) is 1.41. The number of hydrogen-bond acceptors (Lipinski definition) is 17. The van der Waals surface area contributed by atoms with Crippen LogP contribution < -0.4 is 50.1 Å². The Balaban J connectivity index is 0.000000236. The largest absolute Gasteiger partial charge is 0.755 e. The van der Waals surface area contributed by atoms with Gasteiger partial charge in [0.25, 0.3) is 0 Å². The van der Waals surface area contributed by atoms with E-state index in [4.69, 9.17) is 9.16 Å². The second-order valence-electron chi connectivity index (χ2n) is 24.5. The van der Waals surface area contributed by atoms with E-state index >= 15 is 0 Å². The summed E-state index contributed by atoms with van der Waals surface area (Å²) in [5.74, 6) is -1.50. The van der Waals surface area contributed by atoms with E-state index in [9.17, 15) is 55.1 Å². The third kappa shape index (κ3) is 25.6. The Hall–Kier alpha value is -2.80. The number of piperidine rings is 2. The van der Waals surface area contributed by atoms with Crippen molar-refractivity contribution in [3.63, 3.8) is 0 Å². The smallest absolute Gasteiger partial charge is 0.248 e. The van der Waals surface area contributed by atoms with Crippen LogP contribution in [0.1, 0.15) is 96.0 Å². The maximum Gasteiger partial charge on any atom is 0.248 e. The SMILES string of the molecule is CCOC1(O[Si](C)(C)C)CC1.O=C(CC1C(=O)Nc2ccccc2N1S(=O)[O-])NCCC1CCN(C2CC2)CC1.O=C(CC1C(=O)Nc2ccccc2N1S(=O)[O-])NCCC1CCNCC1.O=C(CC1C(=O)Nc2ccccc2N1S(=O)[O-])NCCc1ccncc1.[Ar].[Ar].[Ar]. The van der Waals surface area contributed by atoms with Crippen LogP contribution in [0, 0.1) is 125 Å². The van der Waals surface area contributed by atoms with Crippen molar-refractivity contribution < 1.29 is 177 Å². The topological polar surface area (TPSA) is 351 Å². The Bertz CT molecular complexity index is 3260. The molecule has 2 saturated heterocycles. The Kier molecular flexibility index (Phi) is 35.4. The molecule has 7 aliphatic rings. The number of hydrogen-bond donors (Lipinski definition) is 7. The van der Waals surface area contributed by atoms with Crippen LogP contribution in [0.4, 0.5) is 34.1 Å². The molecule has 6 unspecified atom stereocenters. The van der Waals surface area contributed by atoms with Crippen LogP contribution in [-0.2, 0) is 78.2 Å². The molecule has 4 fully saturated rings. The first-order chi connectivity index (χ1) is 44.1. The zero-order valence-corrected chi connectivity index (χ0v) is 59.1. The predicted molar refractivity (Wildman–Crippen MR) is 352 cm³/mol. The van der Waals surface area contributed by atoms with Crippen molar-refractivity contribution in [3.05, 3.63) is 103 Å². The van der Waals surface area contributed by atoms with Crippen molar-refractivity contribution in [1.82, 2.24) is 31.2 Å². The van der Waals surface area contributed by atoms with Gasteiger partial charge in [-0.15, -0.1) is 0 Å². The number of nitrogens with zero attached hydrogens (tertiary/aromatic N) is 5. The van der Waals surface area contributed by atoms with E-state index in [-0.39, 0.29) is 150 Å². The van der Waals surface area contributed by atoms with Crippen LogP contribution in [0.5, 0.6) is 0 Å². The molecule has 6 heterocycles. The van der Waals surface area contributed by atoms with Crippen molar-refractivity contribution in [2.45, 2.75) is 146 Å². The van der Waals surface area contributed by atoms with E-state index in [1.165, 1.54) is 12.8 Å². The van der Waals surface area contributed by atoms with E-state index in [0.717, 1.165) is 109 Å². The number of fused-ring (bicyclic) bond motifs is 3. The summed E-state index contributed by atoms with van der Waals surface area (Å²) >= 11 is -7.99. The van der Waals surface area contributed by atoms with Gasteiger partial charge in [0, 0.05) is 205 Å². The number of rotatable bonds is 23. The van der Waals surface area contributed by atoms with Gasteiger partial charge in [0.05, 0.1) is 53.4 Å². The van der Waals surface area contributed by atoms with Gasteiger partial charge in [0.1, 0.15) is 18.1 Å². The maximum absolute atomic E-state index is 12.4. The molecule has 7 N–H and O–H groups in total. The minimum atomic E-state index is -2.68. The first-order valence-corrected chi connectivity index (χ1v) is 38.0. The van der Waals surface area contributed by atoms with Crippen LogP contribution >= 0.6 is 0 Å². The Morgan fingerprint density at radius 3 is 1.32 bits per heavy atom. The first kappa shape index (κ1) is 82.9. The molecule has 2 aliphatic carbocycles. The fourth-order valence-corrected chi connectivity index (χ4v) is 15.2. The predicted octanol–water partition coefficient (Wildman–Crippen LogP) is 5.00. The van der Waals surface area contributed by atoms with Gasteiger partial charge in [-0.1, -0.05) is 36.4 Å². The van der Waals surface area contributed by atoms with Crippen molar-refractivity contribution >= 4 is 112 Å². The minimum absolute atomic E-state index is 0. The summed E-state index contributed by atoms with van der Waals surface area (Å²) in [5.41, 5.74) is 3.35. The molecule has 6 atom stereocenters. The molecule has 11 rings (SSSR count). The number of aromatic nitrogens is 1. The molecule has 95 heavy (non-hydrogen) atoms. The quantitative estimate of drug-likeness (QED) is 0.0292. The van der Waals surface area contributed by atoms with Gasteiger partial charge in [-0.2, -0.15) is 0 Å². The summed E-state index contributed by atoms with van der Waals surface area (Å²) in [6.07, 6.45) is 14.5. The second kappa shape index (κ2) is 40.6. The molecule has 0 radical (unpaired) electrons. The van der Waals surface area contributed by atoms with Crippen LogP contribution in [0.15, 0.2) is 97.3 Å². The molecule has 6 amide bonds. The second-order valence-corrected chi connectivity index (χ2v) is 31.4. The summed E-state index contributed by atoms with van der Waals surface area (Å²) in [4.78, 5) is 80.4. The zero-order chi connectivity index (χ0) is 66.0. The van der Waals surface area contributed by atoms with Crippen LogP contribution in [0.3, 0.4) is 0 Å². The van der Waals surface area contributed by atoms with Crippen LogP contribution in [0.2, 0.25) is 19.6 Å². The molecule has 5 aliphatic heterocycles. The van der Waals surface area contributed by atoms with Crippen molar-refractivity contribution in [1.29, 1.82) is 0 Å². The molecule has 26 nitrogen and oxygen atoms in total. The number of para-hydroxylation sites is 6. The summed E-state index contributed by atoms with van der Waals surface area (Å²) in [6.45, 7) is 15.2. The Labute approximate surface area is 655 Å². The van der Waals surface area contributed by atoms with Gasteiger partial charge in [-0.05, 0) is 176 Å².